The molecule has 3 aliphatic rings. The molecule has 2 saturated heterocycles. The number of ether oxygens (including phenoxy) is 2. The molecule has 0 aliphatic carbocycles. The maximum atomic E-state index is 13.5. The van der Waals surface area contributed by atoms with E-state index in [1.807, 2.05) is 48.2 Å². The quantitative estimate of drug-likeness (QED) is 0.598. The lowest BCUT2D eigenvalue weighted by Crippen LogP contribution is -2.49. The Bertz CT molecular complexity index is 1140. The molecule has 0 bridgehead atoms. The molecule has 0 radical (unpaired) electrons. The first-order valence-electron chi connectivity index (χ1n) is 13.9. The van der Waals surface area contributed by atoms with E-state index in [0.717, 1.165) is 68.6 Å². The van der Waals surface area contributed by atoms with E-state index in [9.17, 15) is 9.59 Å². The highest BCUT2D eigenvalue weighted by molar-refractivity contribution is 6.33. The zero-order valence-corrected chi connectivity index (χ0v) is 23.0. The van der Waals surface area contributed by atoms with E-state index < -0.39 is 6.10 Å². The van der Waals surface area contributed by atoms with Crippen molar-refractivity contribution in [2.75, 3.05) is 50.8 Å². The average Bonchev–Trinajstić information content (AvgIpc) is 2.95. The van der Waals surface area contributed by atoms with Gasteiger partial charge in [-0.1, -0.05) is 36.2 Å². The molecule has 3 heterocycles. The Morgan fingerprint density at radius 3 is 2.58 bits per heavy atom. The molecule has 5 rings (SSSR count). The third-order valence-corrected chi connectivity index (χ3v) is 8.66. The van der Waals surface area contributed by atoms with Crippen molar-refractivity contribution < 1.29 is 19.1 Å². The van der Waals surface area contributed by atoms with Crippen molar-refractivity contribution in [1.29, 1.82) is 0 Å². The number of nitrogens with zero attached hydrogens (tertiary/aromatic N) is 2. The van der Waals surface area contributed by atoms with Crippen LogP contribution >= 0.6 is 11.6 Å². The monoisotopic (exact) mass is 539 g/mol. The lowest BCUT2D eigenvalue weighted by atomic mass is 9.74. The summed E-state index contributed by atoms with van der Waals surface area (Å²) in [4.78, 5) is 30.5. The molecule has 2 aromatic carbocycles. The van der Waals surface area contributed by atoms with Gasteiger partial charge in [0.25, 0.3) is 11.8 Å². The van der Waals surface area contributed by atoms with Gasteiger partial charge in [0.15, 0.2) is 6.10 Å². The van der Waals surface area contributed by atoms with Crippen molar-refractivity contribution in [1.82, 2.24) is 10.2 Å². The van der Waals surface area contributed by atoms with Gasteiger partial charge in [0.2, 0.25) is 0 Å². The fourth-order valence-electron chi connectivity index (χ4n) is 5.88. The summed E-state index contributed by atoms with van der Waals surface area (Å²) in [5.41, 5.74) is 2.71. The number of aryl methyl sites for hydroxylation is 1. The number of benzene rings is 2. The topological polar surface area (TPSA) is 71.1 Å². The summed E-state index contributed by atoms with van der Waals surface area (Å²) in [6.07, 6.45) is 5.31. The van der Waals surface area contributed by atoms with E-state index in [-0.39, 0.29) is 17.2 Å². The Morgan fingerprint density at radius 2 is 1.79 bits per heavy atom. The van der Waals surface area contributed by atoms with E-state index in [0.29, 0.717) is 43.4 Å². The molecule has 0 aromatic heterocycles. The van der Waals surface area contributed by atoms with Crippen molar-refractivity contribution in [3.05, 3.63) is 58.6 Å². The fourth-order valence-corrected chi connectivity index (χ4v) is 6.11. The molecular formula is C30H38ClN3O4. The molecule has 1 atom stereocenters. The van der Waals surface area contributed by atoms with Crippen molar-refractivity contribution >= 4 is 29.1 Å². The van der Waals surface area contributed by atoms with Crippen LogP contribution < -0.4 is 15.0 Å². The summed E-state index contributed by atoms with van der Waals surface area (Å²) in [5, 5.41) is 3.83. The summed E-state index contributed by atoms with van der Waals surface area (Å²) < 4.78 is 11.5. The van der Waals surface area contributed by atoms with Gasteiger partial charge in [-0.2, -0.15) is 0 Å². The van der Waals surface area contributed by atoms with Crippen LogP contribution in [0, 0.1) is 5.41 Å². The van der Waals surface area contributed by atoms with Gasteiger partial charge in [-0.15, -0.1) is 0 Å². The summed E-state index contributed by atoms with van der Waals surface area (Å²) in [6, 6.07) is 13.6. The normalized spacial score (nSPS) is 22.5. The number of amides is 2. The third kappa shape index (κ3) is 6.10. The predicted octanol–water partition coefficient (Wildman–Crippen LogP) is 4.71. The fraction of sp³-hybridized carbons (Fsp3) is 0.533. The molecule has 2 amide bonds. The second-order valence-corrected chi connectivity index (χ2v) is 11.3. The number of piperidine rings is 1. The molecule has 0 saturated carbocycles. The van der Waals surface area contributed by atoms with Crippen molar-refractivity contribution in [2.45, 2.75) is 51.6 Å². The minimum atomic E-state index is -0.556. The minimum Gasteiger partial charge on any atom is -0.481 e. The van der Waals surface area contributed by atoms with Crippen LogP contribution in [-0.4, -0.2) is 68.8 Å². The van der Waals surface area contributed by atoms with Crippen LogP contribution in [0.2, 0.25) is 5.02 Å². The van der Waals surface area contributed by atoms with Gasteiger partial charge in [-0.05, 0) is 74.3 Å². The molecule has 1 N–H and O–H groups in total. The first-order valence-corrected chi connectivity index (χ1v) is 14.3. The Balaban J connectivity index is 1.25. The molecule has 8 heteroatoms. The van der Waals surface area contributed by atoms with E-state index >= 15 is 0 Å². The number of hydrogen-bond acceptors (Lipinski definition) is 5. The summed E-state index contributed by atoms with van der Waals surface area (Å²) >= 11 is 6.49. The van der Waals surface area contributed by atoms with Crippen LogP contribution in [0.3, 0.4) is 0 Å². The van der Waals surface area contributed by atoms with E-state index in [2.05, 4.69) is 16.3 Å². The molecule has 1 spiro atoms. The number of rotatable bonds is 2. The Labute approximate surface area is 230 Å². The van der Waals surface area contributed by atoms with Gasteiger partial charge < -0.3 is 24.6 Å². The number of anilines is 1. The van der Waals surface area contributed by atoms with Gasteiger partial charge in [-0.25, -0.2) is 0 Å². The Kier molecular flexibility index (Phi) is 8.44. The maximum Gasteiger partial charge on any atom is 0.260 e. The number of likely N-dealkylation sites (tertiary alicyclic amines) is 1. The van der Waals surface area contributed by atoms with Crippen LogP contribution in [-0.2, 0) is 16.0 Å². The van der Waals surface area contributed by atoms with Crippen LogP contribution in [0.4, 0.5) is 5.69 Å². The molecule has 3 aliphatic heterocycles. The highest BCUT2D eigenvalue weighted by Gasteiger charge is 2.37. The number of carbonyl (C=O) groups excluding carboxylic acids is 2. The summed E-state index contributed by atoms with van der Waals surface area (Å²) in [7, 11) is 0. The van der Waals surface area contributed by atoms with Crippen LogP contribution in [0.5, 0.6) is 5.75 Å². The standard InChI is InChI=1S/C30H38ClN3O4/c1-22-28(35)32-21-30(11-5-4-7-23-6-2-3-8-27(23)38-22)12-14-34(15-13-30)29(36)24-9-10-25(31)26(20-24)33-16-18-37-19-17-33/h2-3,6,8-10,20,22H,4-5,7,11-19,21H2,1H3,(H,32,35)/t22-/m1/s1. The smallest absolute Gasteiger partial charge is 0.260 e. The van der Waals surface area contributed by atoms with Gasteiger partial charge in [-0.3, -0.25) is 9.59 Å². The molecule has 0 unspecified atom stereocenters. The van der Waals surface area contributed by atoms with Gasteiger partial charge in [0, 0.05) is 38.3 Å². The highest BCUT2D eigenvalue weighted by atomic mass is 35.5. The Morgan fingerprint density at radius 1 is 1.03 bits per heavy atom. The number of para-hydroxylation sites is 1. The lowest BCUT2D eigenvalue weighted by Gasteiger charge is -2.42. The molecule has 2 aromatic rings. The van der Waals surface area contributed by atoms with E-state index in [1.165, 1.54) is 0 Å². The van der Waals surface area contributed by atoms with Crippen LogP contribution in [0.1, 0.15) is 54.9 Å². The van der Waals surface area contributed by atoms with Crippen molar-refractivity contribution in [3.8, 4) is 5.75 Å². The van der Waals surface area contributed by atoms with E-state index in [1.54, 1.807) is 0 Å². The third-order valence-electron chi connectivity index (χ3n) is 8.34. The number of carbonyl (C=O) groups is 2. The molecule has 2 fully saturated rings. The largest absolute Gasteiger partial charge is 0.481 e. The lowest BCUT2D eigenvalue weighted by molar-refractivity contribution is -0.128. The van der Waals surface area contributed by atoms with Gasteiger partial charge in [0.05, 0.1) is 23.9 Å². The van der Waals surface area contributed by atoms with Crippen molar-refractivity contribution in [2.24, 2.45) is 5.41 Å². The predicted molar refractivity (Wildman–Crippen MR) is 149 cm³/mol. The zero-order valence-electron chi connectivity index (χ0n) is 22.2. The second kappa shape index (κ2) is 12.0. The number of nitrogens with one attached hydrogen (secondary N) is 1. The van der Waals surface area contributed by atoms with E-state index in [4.69, 9.17) is 21.1 Å². The number of hydrogen-bond donors (Lipinski definition) is 1. The molecule has 7 nitrogen and oxygen atoms in total. The van der Waals surface area contributed by atoms with Gasteiger partial charge in [0.1, 0.15) is 5.75 Å². The number of morpholine rings is 1. The summed E-state index contributed by atoms with van der Waals surface area (Å²) in [5.74, 6) is 0.758. The van der Waals surface area contributed by atoms with Crippen LogP contribution in [0.25, 0.3) is 0 Å². The zero-order chi connectivity index (χ0) is 26.5. The summed E-state index contributed by atoms with van der Waals surface area (Å²) in [6.45, 7) is 6.65. The second-order valence-electron chi connectivity index (χ2n) is 10.9. The number of fused-ring (bicyclic) bond motifs is 1. The SMILES string of the molecule is C[C@H]1Oc2ccccc2CCCCC2(CCN(C(=O)c3ccc(Cl)c(N4CCOCC4)c3)CC2)CNC1=O. The highest BCUT2D eigenvalue weighted by Crippen LogP contribution is 2.38. The molecular weight excluding hydrogens is 502 g/mol. The molecule has 38 heavy (non-hydrogen) atoms. The minimum absolute atomic E-state index is 0.0101. The molecule has 204 valence electrons. The first-order chi connectivity index (χ1) is 18.4. The first kappa shape index (κ1) is 26.8. The van der Waals surface area contributed by atoms with Crippen molar-refractivity contribution in [3.63, 3.8) is 0 Å². The van der Waals surface area contributed by atoms with Gasteiger partial charge >= 0.3 is 0 Å². The Hall–Kier alpha value is -2.77. The number of halogens is 1. The van der Waals surface area contributed by atoms with Crippen LogP contribution in [0.15, 0.2) is 42.5 Å². The maximum absolute atomic E-state index is 13.5. The average molecular weight is 540 g/mol.